The van der Waals surface area contributed by atoms with Crippen LogP contribution in [0.3, 0.4) is 0 Å². The Morgan fingerprint density at radius 1 is 0.944 bits per heavy atom. The van der Waals surface area contributed by atoms with Crippen LogP contribution in [0.5, 0.6) is 0 Å². The van der Waals surface area contributed by atoms with Gasteiger partial charge in [0.1, 0.15) is 5.84 Å². The molecule has 0 bridgehead atoms. The molecule has 0 saturated carbocycles. The minimum atomic E-state index is -0.0673. The molecule has 0 aliphatic carbocycles. The molecular formula is C14H13N3O. The van der Waals surface area contributed by atoms with Crippen LogP contribution in [-0.4, -0.2) is 11.6 Å². The smallest absolute Gasteiger partial charge is 0.193 e. The quantitative estimate of drug-likeness (QED) is 0.251. The van der Waals surface area contributed by atoms with E-state index in [1.165, 1.54) is 0 Å². The van der Waals surface area contributed by atoms with Crippen molar-refractivity contribution in [2.24, 2.45) is 5.84 Å². The number of amidine groups is 1. The van der Waals surface area contributed by atoms with Gasteiger partial charge in [-0.2, -0.15) is 0 Å². The minimum Gasteiger partial charge on any atom is -0.308 e. The summed E-state index contributed by atoms with van der Waals surface area (Å²) in [6.45, 7) is 0. The zero-order valence-electron chi connectivity index (χ0n) is 9.68. The lowest BCUT2D eigenvalue weighted by Gasteiger charge is -2.05. The molecule has 2 aromatic rings. The number of hydrogen-bond acceptors (Lipinski definition) is 3. The number of rotatable bonds is 3. The first-order valence-electron chi connectivity index (χ1n) is 5.47. The summed E-state index contributed by atoms with van der Waals surface area (Å²) >= 11 is 0. The number of nitrogens with one attached hydrogen (secondary N) is 2. The molecule has 0 heterocycles. The van der Waals surface area contributed by atoms with Crippen LogP contribution in [0, 0.1) is 5.41 Å². The third-order valence-corrected chi connectivity index (χ3v) is 2.59. The Hall–Kier alpha value is -2.46. The van der Waals surface area contributed by atoms with E-state index in [0.717, 1.165) is 0 Å². The highest BCUT2D eigenvalue weighted by atomic mass is 16.1. The van der Waals surface area contributed by atoms with Crippen molar-refractivity contribution in [3.05, 3.63) is 71.3 Å². The van der Waals surface area contributed by atoms with E-state index < -0.39 is 0 Å². The SMILES string of the molecule is N=C(NN)c1cccc(C(=O)c2ccccc2)c1. The first kappa shape index (κ1) is 12.0. The molecule has 90 valence electrons. The van der Waals surface area contributed by atoms with E-state index in [1.54, 1.807) is 36.4 Å². The van der Waals surface area contributed by atoms with Gasteiger partial charge in [0.25, 0.3) is 0 Å². The van der Waals surface area contributed by atoms with Crippen molar-refractivity contribution in [1.82, 2.24) is 5.43 Å². The second-order valence-corrected chi connectivity index (χ2v) is 3.80. The summed E-state index contributed by atoms with van der Waals surface area (Å²) in [6.07, 6.45) is 0. The highest BCUT2D eigenvalue weighted by molar-refractivity contribution is 6.10. The van der Waals surface area contributed by atoms with Gasteiger partial charge in [-0.1, -0.05) is 48.5 Å². The van der Waals surface area contributed by atoms with Gasteiger partial charge >= 0.3 is 0 Å². The lowest BCUT2D eigenvalue weighted by Crippen LogP contribution is -2.30. The summed E-state index contributed by atoms with van der Waals surface area (Å²) in [5.74, 6) is 5.20. The lowest BCUT2D eigenvalue weighted by molar-refractivity contribution is 0.103. The maximum Gasteiger partial charge on any atom is 0.193 e. The van der Waals surface area contributed by atoms with Crippen LogP contribution >= 0.6 is 0 Å². The second kappa shape index (κ2) is 5.25. The molecule has 0 aliphatic rings. The van der Waals surface area contributed by atoms with Crippen LogP contribution in [-0.2, 0) is 0 Å². The maximum absolute atomic E-state index is 12.2. The monoisotopic (exact) mass is 239 g/mol. The van der Waals surface area contributed by atoms with Crippen molar-refractivity contribution >= 4 is 11.6 Å². The van der Waals surface area contributed by atoms with Gasteiger partial charge in [-0.3, -0.25) is 10.2 Å². The van der Waals surface area contributed by atoms with Gasteiger partial charge in [-0.15, -0.1) is 0 Å². The van der Waals surface area contributed by atoms with Crippen LogP contribution in [0.1, 0.15) is 21.5 Å². The molecule has 18 heavy (non-hydrogen) atoms. The number of hydrazine groups is 1. The van der Waals surface area contributed by atoms with Crippen LogP contribution in [0.4, 0.5) is 0 Å². The molecule has 0 aliphatic heterocycles. The first-order valence-corrected chi connectivity index (χ1v) is 5.47. The number of hydrogen-bond donors (Lipinski definition) is 3. The van der Waals surface area contributed by atoms with Crippen molar-refractivity contribution in [1.29, 1.82) is 5.41 Å². The zero-order valence-corrected chi connectivity index (χ0v) is 9.68. The Balaban J connectivity index is 2.35. The number of ketones is 1. The molecule has 0 spiro atoms. The first-order chi connectivity index (χ1) is 8.72. The van der Waals surface area contributed by atoms with Crippen molar-refractivity contribution < 1.29 is 4.79 Å². The number of carbonyl (C=O) groups is 1. The normalized spacial score (nSPS) is 9.83. The molecule has 0 unspecified atom stereocenters. The van der Waals surface area contributed by atoms with Crippen molar-refractivity contribution in [3.63, 3.8) is 0 Å². The highest BCUT2D eigenvalue weighted by Crippen LogP contribution is 2.11. The van der Waals surface area contributed by atoms with E-state index >= 15 is 0 Å². The molecule has 0 aromatic heterocycles. The van der Waals surface area contributed by atoms with Gasteiger partial charge in [0.15, 0.2) is 5.78 Å². The van der Waals surface area contributed by atoms with E-state index in [4.69, 9.17) is 11.3 Å². The van der Waals surface area contributed by atoms with Gasteiger partial charge < -0.3 is 5.43 Å². The summed E-state index contributed by atoms with van der Waals surface area (Å²) in [7, 11) is 0. The summed E-state index contributed by atoms with van der Waals surface area (Å²) in [5, 5.41) is 7.57. The van der Waals surface area contributed by atoms with E-state index in [-0.39, 0.29) is 11.6 Å². The van der Waals surface area contributed by atoms with E-state index in [1.807, 2.05) is 18.2 Å². The van der Waals surface area contributed by atoms with Crippen LogP contribution in [0.25, 0.3) is 0 Å². The van der Waals surface area contributed by atoms with Gasteiger partial charge in [-0.05, 0) is 6.07 Å². The summed E-state index contributed by atoms with van der Waals surface area (Å²) in [6, 6.07) is 15.9. The Morgan fingerprint density at radius 3 is 2.22 bits per heavy atom. The molecular weight excluding hydrogens is 226 g/mol. The van der Waals surface area contributed by atoms with E-state index in [0.29, 0.717) is 16.7 Å². The fraction of sp³-hybridized carbons (Fsp3) is 0. The summed E-state index contributed by atoms with van der Waals surface area (Å²) in [4.78, 5) is 12.2. The Kier molecular flexibility index (Phi) is 3.50. The van der Waals surface area contributed by atoms with Gasteiger partial charge in [0.2, 0.25) is 0 Å². The highest BCUT2D eigenvalue weighted by Gasteiger charge is 2.09. The Labute approximate surface area is 105 Å². The zero-order chi connectivity index (χ0) is 13.0. The standard InChI is InChI=1S/C14H13N3O/c15-14(17-16)12-8-4-7-11(9-12)13(18)10-5-2-1-3-6-10/h1-9H,16H2,(H2,15,17). The molecule has 0 atom stereocenters. The molecule has 0 radical (unpaired) electrons. The topological polar surface area (TPSA) is 79.0 Å². The maximum atomic E-state index is 12.2. The number of benzene rings is 2. The molecule has 4 nitrogen and oxygen atoms in total. The van der Waals surface area contributed by atoms with E-state index in [2.05, 4.69) is 5.43 Å². The average molecular weight is 239 g/mol. The van der Waals surface area contributed by atoms with Crippen molar-refractivity contribution in [3.8, 4) is 0 Å². The number of nitrogens with two attached hydrogens (primary N) is 1. The van der Waals surface area contributed by atoms with Crippen molar-refractivity contribution in [2.45, 2.75) is 0 Å². The van der Waals surface area contributed by atoms with Gasteiger partial charge in [-0.25, -0.2) is 5.84 Å². The molecule has 0 saturated heterocycles. The fourth-order valence-corrected chi connectivity index (χ4v) is 1.66. The minimum absolute atomic E-state index is 0.0673. The second-order valence-electron chi connectivity index (χ2n) is 3.80. The summed E-state index contributed by atoms with van der Waals surface area (Å²) in [5.41, 5.74) is 4.01. The third-order valence-electron chi connectivity index (χ3n) is 2.59. The lowest BCUT2D eigenvalue weighted by atomic mass is 10.0. The predicted molar refractivity (Wildman–Crippen MR) is 70.5 cm³/mol. The predicted octanol–water partition coefficient (Wildman–Crippen LogP) is 1.71. The van der Waals surface area contributed by atoms with Crippen LogP contribution in [0.2, 0.25) is 0 Å². The van der Waals surface area contributed by atoms with Crippen LogP contribution in [0.15, 0.2) is 54.6 Å². The summed E-state index contributed by atoms with van der Waals surface area (Å²) < 4.78 is 0. The van der Waals surface area contributed by atoms with Crippen molar-refractivity contribution in [2.75, 3.05) is 0 Å². The molecule has 2 aromatic carbocycles. The van der Waals surface area contributed by atoms with Gasteiger partial charge in [0, 0.05) is 16.7 Å². The largest absolute Gasteiger partial charge is 0.308 e. The molecule has 0 amide bonds. The van der Waals surface area contributed by atoms with Gasteiger partial charge in [0.05, 0.1) is 0 Å². The average Bonchev–Trinajstić information content (AvgIpc) is 2.46. The molecule has 4 N–H and O–H groups in total. The Bertz CT molecular complexity index is 579. The molecule has 4 heteroatoms. The fourth-order valence-electron chi connectivity index (χ4n) is 1.66. The molecule has 0 fully saturated rings. The Morgan fingerprint density at radius 2 is 1.56 bits per heavy atom. The molecule has 2 rings (SSSR count). The number of carbonyl (C=O) groups excluding carboxylic acids is 1. The van der Waals surface area contributed by atoms with E-state index in [9.17, 15) is 4.79 Å². The van der Waals surface area contributed by atoms with Crippen LogP contribution < -0.4 is 11.3 Å². The third kappa shape index (κ3) is 2.44.